The number of hydrogen-bond acceptors (Lipinski definition) is 3. The lowest BCUT2D eigenvalue weighted by Crippen LogP contribution is -2.18. The lowest BCUT2D eigenvalue weighted by Gasteiger charge is -2.28. The lowest BCUT2D eigenvalue weighted by molar-refractivity contribution is -0.141. The van der Waals surface area contributed by atoms with E-state index in [0.717, 1.165) is 69.6 Å². The summed E-state index contributed by atoms with van der Waals surface area (Å²) in [6.07, 6.45) is 20.3. The maximum Gasteiger partial charge on any atom is 0.307 e. The Kier molecular flexibility index (Phi) is 10.4. The molecule has 0 saturated heterocycles. The van der Waals surface area contributed by atoms with Crippen LogP contribution in [0.2, 0.25) is 0 Å². The Morgan fingerprint density at radius 2 is 1.71 bits per heavy atom. The predicted octanol–water partition coefficient (Wildman–Crippen LogP) is 7.66. The highest BCUT2D eigenvalue weighted by molar-refractivity contribution is 5.70. The van der Waals surface area contributed by atoms with Crippen molar-refractivity contribution < 1.29 is 19.8 Å². The number of rotatable bonds is 10. The number of phenolic OH excluding ortho intramolecular Hbond substituents is 1. The molecule has 0 saturated carbocycles. The first-order valence-electron chi connectivity index (χ1n) is 14.4. The number of aromatic hydroxyl groups is 1. The minimum absolute atomic E-state index is 0.150. The summed E-state index contributed by atoms with van der Waals surface area (Å²) < 4.78 is 0. The van der Waals surface area contributed by atoms with Crippen molar-refractivity contribution in [3.63, 3.8) is 0 Å². The topological polar surface area (TPSA) is 74.6 Å². The van der Waals surface area contributed by atoms with E-state index in [4.69, 9.17) is 0 Å². The Labute approximate surface area is 227 Å². The van der Waals surface area contributed by atoms with E-state index >= 15 is 0 Å². The summed E-state index contributed by atoms with van der Waals surface area (Å²) in [6.45, 7) is 0. The molecule has 38 heavy (non-hydrogen) atoms. The number of carboxylic acids is 1. The van der Waals surface area contributed by atoms with Crippen LogP contribution in [0.5, 0.6) is 5.75 Å². The number of carboxylic acid groups (broad SMARTS) is 1. The van der Waals surface area contributed by atoms with Crippen molar-refractivity contribution in [1.82, 2.24) is 0 Å². The van der Waals surface area contributed by atoms with Gasteiger partial charge in [0.2, 0.25) is 0 Å². The third-order valence-corrected chi connectivity index (χ3v) is 8.58. The minimum Gasteiger partial charge on any atom is -0.508 e. The number of phenols is 1. The standard InChI is InChI=1S/C34H42O4/c35-24-31(27-11-4-5-12-27)16-3-1-2-13-28-14-6-7-15-30(34(37)38)22-25-9-8-10-26(21-25)23-33(28)29-17-19-32(36)20-18-29/h4,6-11,17-21,24,27-28,30-31,33,36H,1-3,5,12-16,22-23H2,(H,37,38)/t27-,28-,30-,31+,33+/m0/s1. The van der Waals surface area contributed by atoms with Gasteiger partial charge in [-0.1, -0.05) is 80.0 Å². The van der Waals surface area contributed by atoms with Gasteiger partial charge in [0.1, 0.15) is 12.0 Å². The van der Waals surface area contributed by atoms with Crippen LogP contribution in [-0.4, -0.2) is 22.5 Å². The summed E-state index contributed by atoms with van der Waals surface area (Å²) in [7, 11) is 0. The Balaban J connectivity index is 1.48. The number of allylic oxidation sites excluding steroid dienone is 4. The third kappa shape index (κ3) is 7.93. The van der Waals surface area contributed by atoms with E-state index in [2.05, 4.69) is 54.6 Å². The van der Waals surface area contributed by atoms with E-state index < -0.39 is 11.9 Å². The number of aldehydes is 1. The van der Waals surface area contributed by atoms with E-state index in [0.29, 0.717) is 30.6 Å². The Morgan fingerprint density at radius 3 is 2.42 bits per heavy atom. The van der Waals surface area contributed by atoms with Crippen molar-refractivity contribution >= 4 is 12.3 Å². The molecule has 0 radical (unpaired) electrons. The molecule has 0 fully saturated rings. The van der Waals surface area contributed by atoms with Gasteiger partial charge in [-0.25, -0.2) is 0 Å². The van der Waals surface area contributed by atoms with Crippen LogP contribution in [0.3, 0.4) is 0 Å². The predicted molar refractivity (Wildman–Crippen MR) is 152 cm³/mol. The summed E-state index contributed by atoms with van der Waals surface area (Å²) in [6, 6.07) is 16.1. The Morgan fingerprint density at radius 1 is 0.947 bits per heavy atom. The molecule has 0 aromatic heterocycles. The van der Waals surface area contributed by atoms with Crippen molar-refractivity contribution in [2.45, 2.75) is 76.5 Å². The van der Waals surface area contributed by atoms with Crippen molar-refractivity contribution in [2.75, 3.05) is 0 Å². The first kappa shape index (κ1) is 27.9. The molecule has 0 aliphatic heterocycles. The number of hydrogen-bond donors (Lipinski definition) is 2. The zero-order valence-corrected chi connectivity index (χ0v) is 22.4. The summed E-state index contributed by atoms with van der Waals surface area (Å²) >= 11 is 0. The first-order chi connectivity index (χ1) is 18.5. The monoisotopic (exact) mass is 514 g/mol. The number of carbonyl (C=O) groups excluding carboxylic acids is 1. The fourth-order valence-electron chi connectivity index (χ4n) is 6.35. The zero-order chi connectivity index (χ0) is 26.7. The fraction of sp³-hybridized carbons (Fsp3) is 0.471. The van der Waals surface area contributed by atoms with Crippen LogP contribution in [0.4, 0.5) is 0 Å². The molecular formula is C34H42O4. The minimum atomic E-state index is -0.739. The first-order valence-corrected chi connectivity index (χ1v) is 14.4. The maximum absolute atomic E-state index is 11.9. The summed E-state index contributed by atoms with van der Waals surface area (Å²) in [4.78, 5) is 23.5. The second kappa shape index (κ2) is 14.1. The van der Waals surface area contributed by atoms with Gasteiger partial charge < -0.3 is 15.0 Å². The molecule has 4 nitrogen and oxygen atoms in total. The SMILES string of the molecule is O=C[C@@H](CCCCC[C@H]1CC=CC[C@H](C(=O)O)Cc2cccc(c2)C[C@H]1c1ccc(O)cc1)[C@H]1C=CCC1. The number of unbranched alkanes of at least 4 members (excludes halogenated alkanes) is 2. The second-order valence-corrected chi connectivity index (χ2v) is 11.3. The second-order valence-electron chi connectivity index (χ2n) is 11.3. The van der Waals surface area contributed by atoms with Crippen molar-refractivity contribution in [3.05, 3.63) is 89.5 Å². The largest absolute Gasteiger partial charge is 0.508 e. The Hall–Kier alpha value is -3.14. The van der Waals surface area contributed by atoms with Gasteiger partial charge in [0, 0.05) is 5.92 Å². The quantitative estimate of drug-likeness (QED) is 0.194. The average molecular weight is 515 g/mol. The zero-order valence-electron chi connectivity index (χ0n) is 22.4. The van der Waals surface area contributed by atoms with Crippen molar-refractivity contribution in [1.29, 1.82) is 0 Å². The highest BCUT2D eigenvalue weighted by Crippen LogP contribution is 2.37. The normalized spacial score (nSPS) is 24.3. The van der Waals surface area contributed by atoms with Crippen molar-refractivity contribution in [2.24, 2.45) is 23.7 Å². The molecule has 2 aromatic rings. The number of aliphatic carboxylic acids is 1. The molecule has 4 heteroatoms. The molecule has 2 aromatic carbocycles. The van der Waals surface area contributed by atoms with Crippen LogP contribution in [0.25, 0.3) is 0 Å². The van der Waals surface area contributed by atoms with Gasteiger partial charge in [0.25, 0.3) is 0 Å². The van der Waals surface area contributed by atoms with Gasteiger partial charge >= 0.3 is 5.97 Å². The molecule has 202 valence electrons. The van der Waals surface area contributed by atoms with Crippen molar-refractivity contribution in [3.8, 4) is 5.75 Å². The molecule has 0 unspecified atom stereocenters. The maximum atomic E-state index is 11.9. The van der Waals surface area contributed by atoms with Crippen LogP contribution in [0, 0.1) is 23.7 Å². The summed E-state index contributed by atoms with van der Waals surface area (Å²) in [5, 5.41) is 19.7. The summed E-state index contributed by atoms with van der Waals surface area (Å²) in [5.74, 6) is 0.413. The molecule has 0 amide bonds. The van der Waals surface area contributed by atoms with E-state index in [9.17, 15) is 19.8 Å². The van der Waals surface area contributed by atoms with Gasteiger partial charge in [-0.2, -0.15) is 0 Å². The van der Waals surface area contributed by atoms with Gasteiger partial charge in [-0.3, -0.25) is 4.79 Å². The number of benzene rings is 2. The van der Waals surface area contributed by atoms with Gasteiger partial charge in [0.05, 0.1) is 5.92 Å². The molecule has 0 heterocycles. The molecular weight excluding hydrogens is 472 g/mol. The molecule has 2 aliphatic rings. The molecule has 2 bridgehead atoms. The van der Waals surface area contributed by atoms with Crippen LogP contribution in [0.15, 0.2) is 72.8 Å². The fourth-order valence-corrected chi connectivity index (χ4v) is 6.35. The highest BCUT2D eigenvalue weighted by Gasteiger charge is 2.25. The van der Waals surface area contributed by atoms with Gasteiger partial charge in [-0.05, 0) is 97.9 Å². The van der Waals surface area contributed by atoms with Gasteiger partial charge in [-0.15, -0.1) is 0 Å². The van der Waals surface area contributed by atoms with Crippen LogP contribution in [-0.2, 0) is 22.4 Å². The van der Waals surface area contributed by atoms with E-state index in [-0.39, 0.29) is 11.7 Å². The van der Waals surface area contributed by atoms with E-state index in [1.54, 1.807) is 12.1 Å². The smallest absolute Gasteiger partial charge is 0.307 e. The van der Waals surface area contributed by atoms with E-state index in [1.807, 2.05) is 6.07 Å². The van der Waals surface area contributed by atoms with Crippen LogP contribution >= 0.6 is 0 Å². The lowest BCUT2D eigenvalue weighted by atomic mass is 9.76. The van der Waals surface area contributed by atoms with Gasteiger partial charge in [0.15, 0.2) is 0 Å². The molecule has 5 atom stereocenters. The third-order valence-electron chi connectivity index (χ3n) is 8.58. The molecule has 0 spiro atoms. The average Bonchev–Trinajstić information content (AvgIpc) is 3.45. The molecule has 2 aliphatic carbocycles. The summed E-state index contributed by atoms with van der Waals surface area (Å²) in [5.41, 5.74) is 3.55. The van der Waals surface area contributed by atoms with E-state index in [1.165, 1.54) is 11.1 Å². The molecule has 4 rings (SSSR count). The molecule has 2 N–H and O–H groups in total. The highest BCUT2D eigenvalue weighted by atomic mass is 16.4. The number of fused-ring (bicyclic) bond motifs is 2. The van der Waals surface area contributed by atoms with Crippen LogP contribution in [0.1, 0.15) is 80.4 Å². The number of carbonyl (C=O) groups is 2. The van der Waals surface area contributed by atoms with Crippen LogP contribution < -0.4 is 0 Å². The Bertz CT molecular complexity index is 1100.